The minimum absolute atomic E-state index is 0.161. The Labute approximate surface area is 108 Å². The van der Waals surface area contributed by atoms with Crippen LogP contribution in [0, 0.1) is 0 Å². The lowest BCUT2D eigenvalue weighted by molar-refractivity contribution is -0.122. The van der Waals surface area contributed by atoms with Crippen molar-refractivity contribution in [3.05, 3.63) is 18.0 Å². The summed E-state index contributed by atoms with van der Waals surface area (Å²) in [6.45, 7) is 5.82. The van der Waals surface area contributed by atoms with Crippen molar-refractivity contribution < 1.29 is 4.79 Å². The van der Waals surface area contributed by atoms with Crippen LogP contribution in [0.4, 0.5) is 0 Å². The fourth-order valence-electron chi connectivity index (χ4n) is 2.06. The van der Waals surface area contributed by atoms with Gasteiger partial charge < -0.3 is 10.6 Å². The molecule has 1 aromatic heterocycles. The number of amides is 1. The van der Waals surface area contributed by atoms with Crippen LogP contribution >= 0.6 is 0 Å². The summed E-state index contributed by atoms with van der Waals surface area (Å²) in [7, 11) is 0. The first kappa shape index (κ1) is 13.1. The Morgan fingerprint density at radius 3 is 3.17 bits per heavy atom. The molecule has 2 rings (SSSR count). The van der Waals surface area contributed by atoms with Gasteiger partial charge in [-0.3, -0.25) is 9.48 Å². The molecule has 1 fully saturated rings. The number of nitrogens with one attached hydrogen (secondary N) is 2. The van der Waals surface area contributed by atoms with Gasteiger partial charge in [-0.25, -0.2) is 0 Å². The molecule has 2 heterocycles. The van der Waals surface area contributed by atoms with Crippen molar-refractivity contribution in [1.82, 2.24) is 20.4 Å². The highest BCUT2D eigenvalue weighted by atomic mass is 16.1. The summed E-state index contributed by atoms with van der Waals surface area (Å²) in [5.41, 5.74) is 1.06. The predicted molar refractivity (Wildman–Crippen MR) is 70.1 cm³/mol. The third kappa shape index (κ3) is 3.32. The Kier molecular flexibility index (Phi) is 4.36. The minimum atomic E-state index is 0.161. The number of aromatic nitrogens is 2. The van der Waals surface area contributed by atoms with Gasteiger partial charge in [-0.15, -0.1) is 0 Å². The van der Waals surface area contributed by atoms with Crippen LogP contribution in [0.15, 0.2) is 12.3 Å². The van der Waals surface area contributed by atoms with Crippen molar-refractivity contribution in [2.45, 2.75) is 51.7 Å². The molecule has 5 heteroatoms. The maximum absolute atomic E-state index is 11.0. The molecule has 2 N–H and O–H groups in total. The van der Waals surface area contributed by atoms with E-state index in [1.807, 2.05) is 10.9 Å². The average molecular weight is 250 g/mol. The van der Waals surface area contributed by atoms with Gasteiger partial charge in [0.1, 0.15) is 0 Å². The first-order valence-corrected chi connectivity index (χ1v) is 6.73. The number of rotatable bonds is 5. The summed E-state index contributed by atoms with van der Waals surface area (Å²) in [5, 5.41) is 10.9. The molecule has 2 atom stereocenters. The molecule has 18 heavy (non-hydrogen) atoms. The van der Waals surface area contributed by atoms with E-state index in [1.165, 1.54) is 0 Å². The first-order valence-electron chi connectivity index (χ1n) is 6.73. The van der Waals surface area contributed by atoms with Crippen molar-refractivity contribution in [3.8, 4) is 0 Å². The summed E-state index contributed by atoms with van der Waals surface area (Å²) in [6.07, 6.45) is 4.66. The van der Waals surface area contributed by atoms with Gasteiger partial charge in [0.15, 0.2) is 0 Å². The zero-order chi connectivity index (χ0) is 13.0. The molecule has 0 aromatic carbocycles. The molecular weight excluding hydrogens is 228 g/mol. The van der Waals surface area contributed by atoms with Crippen LogP contribution in [0.5, 0.6) is 0 Å². The molecule has 1 aliphatic heterocycles. The van der Waals surface area contributed by atoms with Crippen LogP contribution in [0.3, 0.4) is 0 Å². The second-order valence-electron chi connectivity index (χ2n) is 4.96. The maximum Gasteiger partial charge on any atom is 0.220 e. The second-order valence-corrected chi connectivity index (χ2v) is 4.96. The van der Waals surface area contributed by atoms with Gasteiger partial charge in [-0.2, -0.15) is 5.10 Å². The van der Waals surface area contributed by atoms with E-state index in [2.05, 4.69) is 35.6 Å². The van der Waals surface area contributed by atoms with Gasteiger partial charge in [0.2, 0.25) is 5.91 Å². The van der Waals surface area contributed by atoms with E-state index in [9.17, 15) is 4.79 Å². The third-order valence-corrected chi connectivity index (χ3v) is 3.54. The number of hydrogen-bond acceptors (Lipinski definition) is 3. The van der Waals surface area contributed by atoms with Crippen molar-refractivity contribution in [3.63, 3.8) is 0 Å². The van der Waals surface area contributed by atoms with E-state index >= 15 is 0 Å². The molecule has 1 amide bonds. The van der Waals surface area contributed by atoms with E-state index in [1.54, 1.807) is 0 Å². The van der Waals surface area contributed by atoms with Crippen molar-refractivity contribution in [2.24, 2.45) is 0 Å². The van der Waals surface area contributed by atoms with Crippen molar-refractivity contribution >= 4 is 5.91 Å². The van der Waals surface area contributed by atoms with Crippen LogP contribution < -0.4 is 10.6 Å². The highest BCUT2D eigenvalue weighted by Crippen LogP contribution is 2.09. The number of carbonyl (C=O) groups excluding carboxylic acids is 1. The Morgan fingerprint density at radius 1 is 1.67 bits per heavy atom. The minimum Gasteiger partial charge on any atom is -0.355 e. The lowest BCUT2D eigenvalue weighted by Gasteiger charge is -2.23. The van der Waals surface area contributed by atoms with Gasteiger partial charge in [-0.05, 0) is 25.8 Å². The van der Waals surface area contributed by atoms with Crippen LogP contribution in [0.2, 0.25) is 0 Å². The Balaban J connectivity index is 1.79. The number of hydrogen-bond donors (Lipinski definition) is 2. The van der Waals surface area contributed by atoms with Gasteiger partial charge in [0, 0.05) is 37.8 Å². The zero-order valence-corrected chi connectivity index (χ0v) is 11.1. The summed E-state index contributed by atoms with van der Waals surface area (Å²) >= 11 is 0. The normalized spacial score (nSPS) is 21.7. The Bertz CT molecular complexity index is 391. The maximum atomic E-state index is 11.0. The molecule has 5 nitrogen and oxygen atoms in total. The van der Waals surface area contributed by atoms with E-state index in [0.717, 1.165) is 31.6 Å². The Morgan fingerprint density at radius 2 is 2.50 bits per heavy atom. The molecule has 100 valence electrons. The third-order valence-electron chi connectivity index (χ3n) is 3.54. The van der Waals surface area contributed by atoms with Crippen molar-refractivity contribution in [1.29, 1.82) is 0 Å². The fourth-order valence-corrected chi connectivity index (χ4v) is 2.06. The van der Waals surface area contributed by atoms with E-state index in [4.69, 9.17) is 0 Å². The monoisotopic (exact) mass is 250 g/mol. The number of nitrogens with zero attached hydrogens (tertiary/aromatic N) is 2. The smallest absolute Gasteiger partial charge is 0.220 e. The van der Waals surface area contributed by atoms with Crippen molar-refractivity contribution in [2.75, 3.05) is 6.54 Å². The molecule has 0 aliphatic carbocycles. The van der Waals surface area contributed by atoms with E-state index < -0.39 is 0 Å². The predicted octanol–water partition coefficient (Wildman–Crippen LogP) is 1.22. The first-order chi connectivity index (χ1) is 8.69. The van der Waals surface area contributed by atoms with Gasteiger partial charge >= 0.3 is 0 Å². The van der Waals surface area contributed by atoms with Crippen LogP contribution in [-0.2, 0) is 11.3 Å². The second kappa shape index (κ2) is 6.00. The van der Waals surface area contributed by atoms with Crippen LogP contribution in [-0.4, -0.2) is 28.3 Å². The van der Waals surface area contributed by atoms with E-state index in [0.29, 0.717) is 18.5 Å². The highest BCUT2D eigenvalue weighted by molar-refractivity contribution is 5.76. The molecule has 0 spiro atoms. The SMILES string of the molecule is CCC(C)n1ccc(CNC2CCC(=O)NC2)n1. The summed E-state index contributed by atoms with van der Waals surface area (Å²) in [5.74, 6) is 0.161. The lowest BCUT2D eigenvalue weighted by atomic mass is 10.1. The summed E-state index contributed by atoms with van der Waals surface area (Å²) < 4.78 is 2.01. The van der Waals surface area contributed by atoms with Gasteiger partial charge in [0.05, 0.1) is 5.69 Å². The van der Waals surface area contributed by atoms with Crippen LogP contribution in [0.25, 0.3) is 0 Å². The number of carbonyl (C=O) groups is 1. The summed E-state index contributed by atoms with van der Waals surface area (Å²) in [6, 6.07) is 2.88. The van der Waals surface area contributed by atoms with Gasteiger partial charge in [0.25, 0.3) is 0 Å². The summed E-state index contributed by atoms with van der Waals surface area (Å²) in [4.78, 5) is 11.0. The number of piperidine rings is 1. The molecular formula is C13H22N4O. The quantitative estimate of drug-likeness (QED) is 0.826. The molecule has 0 bridgehead atoms. The average Bonchev–Trinajstić information content (AvgIpc) is 2.86. The van der Waals surface area contributed by atoms with E-state index in [-0.39, 0.29) is 5.91 Å². The molecule has 0 saturated carbocycles. The molecule has 1 aliphatic rings. The lowest BCUT2D eigenvalue weighted by Crippen LogP contribution is -2.45. The highest BCUT2D eigenvalue weighted by Gasteiger charge is 2.17. The molecule has 1 saturated heterocycles. The zero-order valence-electron chi connectivity index (χ0n) is 11.1. The largest absolute Gasteiger partial charge is 0.355 e. The standard InChI is InChI=1S/C13H22N4O/c1-3-10(2)17-7-6-12(16-17)9-14-11-4-5-13(18)15-8-11/h6-7,10-11,14H,3-5,8-9H2,1-2H3,(H,15,18). The fraction of sp³-hybridized carbons (Fsp3) is 0.692. The Hall–Kier alpha value is -1.36. The van der Waals surface area contributed by atoms with Crippen LogP contribution in [0.1, 0.15) is 44.8 Å². The molecule has 1 aromatic rings. The molecule has 2 unspecified atom stereocenters. The molecule has 0 radical (unpaired) electrons. The van der Waals surface area contributed by atoms with Gasteiger partial charge in [-0.1, -0.05) is 6.92 Å². The topological polar surface area (TPSA) is 59.0 Å².